The Labute approximate surface area is 217 Å². The number of carbonyl (C=O) groups excluding carboxylic acids is 1. The highest BCUT2D eigenvalue weighted by atomic mass is 32.2. The van der Waals surface area contributed by atoms with E-state index in [-0.39, 0.29) is 17.3 Å². The summed E-state index contributed by atoms with van der Waals surface area (Å²) in [5, 5.41) is 23.9. The molecule has 3 aromatic rings. The average molecular weight is 527 g/mol. The van der Waals surface area contributed by atoms with Gasteiger partial charge in [0.25, 0.3) is 11.6 Å². The standard InChI is InChI=1S/C24H26N6O6S/c1-15(2)13-29-23(17-6-8-18(9-7-17)30(32)33)27-28-24(29)37-14-21(31)26-25-12-16-10-19(34-3)22(36-5)20(11-16)35-4/h6-12H,1,13-14H2,2-5H3,(H,26,31)/b25-12-. The molecular weight excluding hydrogens is 500 g/mol. The maximum atomic E-state index is 12.4. The first-order chi connectivity index (χ1) is 17.8. The van der Waals surface area contributed by atoms with E-state index in [1.165, 1.54) is 51.4 Å². The minimum Gasteiger partial charge on any atom is -0.493 e. The lowest BCUT2D eigenvalue weighted by atomic mass is 10.2. The van der Waals surface area contributed by atoms with Crippen LogP contribution in [0.25, 0.3) is 11.4 Å². The topological polar surface area (TPSA) is 143 Å². The van der Waals surface area contributed by atoms with E-state index in [9.17, 15) is 14.9 Å². The Hall–Kier alpha value is -4.39. The summed E-state index contributed by atoms with van der Waals surface area (Å²) in [6.45, 7) is 6.22. The van der Waals surface area contributed by atoms with E-state index >= 15 is 0 Å². The summed E-state index contributed by atoms with van der Waals surface area (Å²) < 4.78 is 17.7. The highest BCUT2D eigenvalue weighted by Crippen LogP contribution is 2.37. The number of rotatable bonds is 12. The Morgan fingerprint density at radius 2 is 1.81 bits per heavy atom. The van der Waals surface area contributed by atoms with Crippen LogP contribution in [0, 0.1) is 10.1 Å². The molecule has 3 rings (SSSR count). The molecule has 0 atom stereocenters. The first-order valence-corrected chi connectivity index (χ1v) is 11.8. The molecule has 0 bridgehead atoms. The molecule has 0 aliphatic rings. The summed E-state index contributed by atoms with van der Waals surface area (Å²) in [5.41, 5.74) is 4.60. The molecule has 37 heavy (non-hydrogen) atoms. The molecule has 12 nitrogen and oxygen atoms in total. The molecule has 194 valence electrons. The van der Waals surface area contributed by atoms with Gasteiger partial charge in [-0.2, -0.15) is 5.10 Å². The predicted octanol–water partition coefficient (Wildman–Crippen LogP) is 3.70. The predicted molar refractivity (Wildman–Crippen MR) is 139 cm³/mol. The smallest absolute Gasteiger partial charge is 0.269 e. The van der Waals surface area contributed by atoms with E-state index in [0.29, 0.717) is 45.9 Å². The number of hydrogen-bond donors (Lipinski definition) is 1. The van der Waals surface area contributed by atoms with Crippen LogP contribution < -0.4 is 19.6 Å². The SMILES string of the molecule is C=C(C)Cn1c(SCC(=O)N/N=C\c2cc(OC)c(OC)c(OC)c2)nnc1-c1ccc([N+](=O)[O-])cc1. The normalized spacial score (nSPS) is 10.8. The lowest BCUT2D eigenvalue weighted by molar-refractivity contribution is -0.384. The van der Waals surface area contributed by atoms with Crippen molar-refractivity contribution in [2.75, 3.05) is 27.1 Å². The van der Waals surface area contributed by atoms with Gasteiger partial charge in [0.2, 0.25) is 5.75 Å². The first-order valence-electron chi connectivity index (χ1n) is 10.8. The highest BCUT2D eigenvalue weighted by molar-refractivity contribution is 7.99. The Balaban J connectivity index is 1.69. The maximum absolute atomic E-state index is 12.4. The summed E-state index contributed by atoms with van der Waals surface area (Å²) >= 11 is 1.18. The quantitative estimate of drug-likeness (QED) is 0.123. The molecule has 0 aliphatic heterocycles. The number of methoxy groups -OCH3 is 3. The highest BCUT2D eigenvalue weighted by Gasteiger charge is 2.17. The number of nitro benzene ring substituents is 1. The number of carbonyl (C=O) groups is 1. The number of hydrogen-bond acceptors (Lipinski definition) is 10. The molecule has 0 saturated carbocycles. The van der Waals surface area contributed by atoms with Gasteiger partial charge in [-0.25, -0.2) is 5.43 Å². The van der Waals surface area contributed by atoms with E-state index in [2.05, 4.69) is 27.3 Å². The van der Waals surface area contributed by atoms with E-state index in [0.717, 1.165) is 5.57 Å². The fourth-order valence-corrected chi connectivity index (χ4v) is 4.00. The van der Waals surface area contributed by atoms with Crippen molar-refractivity contribution < 1.29 is 23.9 Å². The Morgan fingerprint density at radius 1 is 1.16 bits per heavy atom. The van der Waals surface area contributed by atoms with E-state index in [4.69, 9.17) is 14.2 Å². The molecule has 0 spiro atoms. The third kappa shape index (κ3) is 6.85. The van der Waals surface area contributed by atoms with E-state index < -0.39 is 4.92 Å². The zero-order chi connectivity index (χ0) is 26.9. The second-order valence-corrected chi connectivity index (χ2v) is 8.64. The van der Waals surface area contributed by atoms with Crippen LogP contribution >= 0.6 is 11.8 Å². The molecule has 2 aromatic carbocycles. The molecule has 1 aromatic heterocycles. The minimum absolute atomic E-state index is 0.0203. The van der Waals surface area contributed by atoms with Crippen LogP contribution in [0.1, 0.15) is 12.5 Å². The van der Waals surface area contributed by atoms with Gasteiger partial charge in [0.05, 0.1) is 38.2 Å². The van der Waals surface area contributed by atoms with E-state index in [1.54, 1.807) is 28.8 Å². The van der Waals surface area contributed by atoms with Crippen LogP contribution in [-0.4, -0.2) is 58.9 Å². The van der Waals surface area contributed by atoms with Crippen LogP contribution in [0.15, 0.2) is 58.8 Å². The molecular formula is C24H26N6O6S. The number of nitro groups is 1. The zero-order valence-electron chi connectivity index (χ0n) is 20.8. The fraction of sp³-hybridized carbons (Fsp3) is 0.250. The molecule has 1 N–H and O–H groups in total. The second-order valence-electron chi connectivity index (χ2n) is 7.69. The number of nitrogens with one attached hydrogen (secondary N) is 1. The third-order valence-corrected chi connectivity index (χ3v) is 5.87. The summed E-state index contributed by atoms with van der Waals surface area (Å²) in [4.78, 5) is 22.9. The van der Waals surface area contributed by atoms with Crippen molar-refractivity contribution in [3.8, 4) is 28.6 Å². The van der Waals surface area contributed by atoms with Crippen molar-refractivity contribution in [3.63, 3.8) is 0 Å². The van der Waals surface area contributed by atoms with Crippen molar-refractivity contribution in [1.82, 2.24) is 20.2 Å². The number of non-ortho nitro benzene ring substituents is 1. The number of amides is 1. The zero-order valence-corrected chi connectivity index (χ0v) is 21.6. The van der Waals surface area contributed by atoms with Crippen molar-refractivity contribution in [3.05, 3.63) is 64.2 Å². The van der Waals surface area contributed by atoms with Gasteiger partial charge in [-0.1, -0.05) is 23.9 Å². The van der Waals surface area contributed by atoms with Gasteiger partial charge in [0.1, 0.15) is 0 Å². The monoisotopic (exact) mass is 526 g/mol. The molecule has 0 radical (unpaired) electrons. The number of aromatic nitrogens is 3. The molecule has 13 heteroatoms. The number of ether oxygens (including phenoxy) is 3. The van der Waals surface area contributed by atoms with E-state index in [1.807, 2.05) is 6.92 Å². The van der Waals surface area contributed by atoms with Gasteiger partial charge >= 0.3 is 0 Å². The summed E-state index contributed by atoms with van der Waals surface area (Å²) in [5.74, 6) is 1.57. The summed E-state index contributed by atoms with van der Waals surface area (Å²) in [7, 11) is 4.53. The summed E-state index contributed by atoms with van der Waals surface area (Å²) in [6.07, 6.45) is 1.46. The van der Waals surface area contributed by atoms with Gasteiger partial charge < -0.3 is 14.2 Å². The molecule has 1 heterocycles. The van der Waals surface area contributed by atoms with Gasteiger partial charge in [-0.15, -0.1) is 10.2 Å². The van der Waals surface area contributed by atoms with Crippen molar-refractivity contribution in [2.24, 2.45) is 5.10 Å². The second kappa shape index (κ2) is 12.5. The van der Waals surface area contributed by atoms with Crippen LogP contribution in [0.3, 0.4) is 0 Å². The first kappa shape index (κ1) is 27.2. The van der Waals surface area contributed by atoms with Gasteiger partial charge in [-0.05, 0) is 31.2 Å². The number of hydrazone groups is 1. The number of benzene rings is 2. The van der Waals surface area contributed by atoms with Crippen LogP contribution in [0.4, 0.5) is 5.69 Å². The Morgan fingerprint density at radius 3 is 2.35 bits per heavy atom. The molecule has 0 saturated heterocycles. The van der Waals surface area contributed by atoms with Gasteiger partial charge in [0, 0.05) is 29.8 Å². The molecule has 0 aliphatic carbocycles. The lowest BCUT2D eigenvalue weighted by Gasteiger charge is -2.12. The average Bonchev–Trinajstić information content (AvgIpc) is 3.28. The van der Waals surface area contributed by atoms with Crippen molar-refractivity contribution >= 4 is 29.6 Å². The van der Waals surface area contributed by atoms with Crippen LogP contribution in [-0.2, 0) is 11.3 Å². The summed E-state index contributed by atoms with van der Waals surface area (Å²) in [6, 6.07) is 9.42. The number of allylic oxidation sites excluding steroid dienone is 1. The number of nitrogens with zero attached hydrogens (tertiary/aromatic N) is 5. The van der Waals surface area contributed by atoms with Crippen molar-refractivity contribution in [2.45, 2.75) is 18.6 Å². The largest absolute Gasteiger partial charge is 0.493 e. The lowest BCUT2D eigenvalue weighted by Crippen LogP contribution is -2.20. The van der Waals surface area contributed by atoms with Crippen molar-refractivity contribution in [1.29, 1.82) is 0 Å². The van der Waals surface area contributed by atoms with Crippen LogP contribution in [0.2, 0.25) is 0 Å². The molecule has 1 amide bonds. The van der Waals surface area contributed by atoms with Gasteiger partial charge in [-0.3, -0.25) is 19.5 Å². The Kier molecular flexibility index (Phi) is 9.21. The minimum atomic E-state index is -0.466. The Bertz CT molecular complexity index is 1300. The molecule has 0 unspecified atom stereocenters. The molecule has 0 fully saturated rings. The van der Waals surface area contributed by atoms with Gasteiger partial charge in [0.15, 0.2) is 22.5 Å². The third-order valence-electron chi connectivity index (χ3n) is 4.90. The number of thioether (sulfide) groups is 1. The maximum Gasteiger partial charge on any atom is 0.269 e. The fourth-order valence-electron chi connectivity index (χ4n) is 3.27. The van der Waals surface area contributed by atoms with Crippen LogP contribution in [0.5, 0.6) is 17.2 Å².